The summed E-state index contributed by atoms with van der Waals surface area (Å²) in [5, 5.41) is 3.12. The van der Waals surface area contributed by atoms with Crippen LogP contribution in [0.15, 0.2) is 23.1 Å². The Hall–Kier alpha value is -1.64. The first-order valence-corrected chi connectivity index (χ1v) is 10.6. The van der Waals surface area contributed by atoms with Crippen molar-refractivity contribution >= 4 is 16.1 Å². The molecule has 2 atom stereocenters. The molecule has 3 rings (SSSR count). The van der Waals surface area contributed by atoms with Gasteiger partial charge in [-0.05, 0) is 49.9 Å². The molecular formula is C18H27N3O4S. The first kappa shape index (κ1) is 19.1. The molecule has 2 unspecified atom stereocenters. The van der Waals surface area contributed by atoms with Gasteiger partial charge in [-0.1, -0.05) is 19.1 Å². The molecule has 2 aliphatic rings. The molecule has 0 saturated carbocycles. The van der Waals surface area contributed by atoms with Crippen LogP contribution < -0.4 is 10.0 Å². The van der Waals surface area contributed by atoms with Gasteiger partial charge in [0, 0.05) is 25.7 Å². The molecule has 1 aromatic rings. The highest BCUT2D eigenvalue weighted by Crippen LogP contribution is 2.26. The molecular weight excluding hydrogens is 354 g/mol. The van der Waals surface area contributed by atoms with Crippen molar-refractivity contribution in [2.24, 2.45) is 0 Å². The van der Waals surface area contributed by atoms with Gasteiger partial charge in [0.25, 0.3) is 0 Å². The van der Waals surface area contributed by atoms with E-state index in [0.29, 0.717) is 31.0 Å². The zero-order chi connectivity index (χ0) is 18.7. The Bertz CT molecular complexity index is 766. The van der Waals surface area contributed by atoms with E-state index >= 15 is 0 Å². The molecule has 2 aliphatic heterocycles. The van der Waals surface area contributed by atoms with Crippen molar-refractivity contribution < 1.29 is 17.9 Å². The van der Waals surface area contributed by atoms with E-state index in [-0.39, 0.29) is 18.2 Å². The Labute approximate surface area is 155 Å². The quantitative estimate of drug-likeness (QED) is 0.830. The molecule has 1 fully saturated rings. The molecule has 0 spiro atoms. The first-order valence-electron chi connectivity index (χ1n) is 9.16. The summed E-state index contributed by atoms with van der Waals surface area (Å²) >= 11 is 0. The summed E-state index contributed by atoms with van der Waals surface area (Å²) in [5.74, 6) is 0. The molecule has 2 N–H and O–H groups in total. The van der Waals surface area contributed by atoms with Crippen LogP contribution in [0, 0.1) is 0 Å². The number of ether oxygens (including phenoxy) is 1. The van der Waals surface area contributed by atoms with Gasteiger partial charge in [0.2, 0.25) is 10.0 Å². The molecule has 0 aromatic heterocycles. The average molecular weight is 381 g/mol. The van der Waals surface area contributed by atoms with Crippen LogP contribution in [-0.2, 0) is 27.7 Å². The van der Waals surface area contributed by atoms with Gasteiger partial charge in [-0.3, -0.25) is 0 Å². The standard InChI is InChI=1S/C18H27N3O4S/c1-3-15-11-14(8-10-25-15)20-18(22)21-9-7-16-13(12-21)5-4-6-17(16)26(23,24)19-2/h4-6,14-15,19H,3,7-12H2,1-2H3,(H,20,22). The van der Waals surface area contributed by atoms with E-state index < -0.39 is 10.0 Å². The van der Waals surface area contributed by atoms with Gasteiger partial charge in [-0.25, -0.2) is 17.9 Å². The Morgan fingerprint density at radius 1 is 1.38 bits per heavy atom. The molecule has 7 nitrogen and oxygen atoms in total. The number of hydrogen-bond donors (Lipinski definition) is 2. The van der Waals surface area contributed by atoms with Crippen molar-refractivity contribution in [3.8, 4) is 0 Å². The molecule has 0 aliphatic carbocycles. The molecule has 1 saturated heterocycles. The molecule has 144 valence electrons. The minimum Gasteiger partial charge on any atom is -0.378 e. The minimum absolute atomic E-state index is 0.0840. The van der Waals surface area contributed by atoms with Crippen LogP contribution >= 0.6 is 0 Å². The molecule has 8 heteroatoms. The first-order chi connectivity index (χ1) is 12.4. The molecule has 0 radical (unpaired) electrons. The minimum atomic E-state index is -3.49. The van der Waals surface area contributed by atoms with E-state index in [9.17, 15) is 13.2 Å². The smallest absolute Gasteiger partial charge is 0.317 e. The van der Waals surface area contributed by atoms with Gasteiger partial charge in [0.05, 0.1) is 11.0 Å². The van der Waals surface area contributed by atoms with Crippen LogP contribution in [0.25, 0.3) is 0 Å². The second kappa shape index (κ2) is 7.94. The third-order valence-electron chi connectivity index (χ3n) is 5.22. The highest BCUT2D eigenvalue weighted by molar-refractivity contribution is 7.89. The average Bonchev–Trinajstić information content (AvgIpc) is 2.67. The van der Waals surface area contributed by atoms with Gasteiger partial charge in [0.15, 0.2) is 0 Å². The van der Waals surface area contributed by atoms with Crippen molar-refractivity contribution in [2.45, 2.75) is 56.2 Å². The summed E-state index contributed by atoms with van der Waals surface area (Å²) in [4.78, 5) is 14.7. The number of benzene rings is 1. The van der Waals surface area contributed by atoms with Crippen LogP contribution in [0.1, 0.15) is 37.3 Å². The lowest BCUT2D eigenvalue weighted by atomic mass is 9.99. The predicted molar refractivity (Wildman–Crippen MR) is 98.4 cm³/mol. The van der Waals surface area contributed by atoms with E-state index in [1.807, 2.05) is 6.07 Å². The van der Waals surface area contributed by atoms with Crippen LogP contribution in [0.5, 0.6) is 0 Å². The van der Waals surface area contributed by atoms with Gasteiger partial charge in [0.1, 0.15) is 0 Å². The summed E-state index contributed by atoms with van der Waals surface area (Å²) in [6, 6.07) is 5.30. The molecule has 2 amide bonds. The summed E-state index contributed by atoms with van der Waals surface area (Å²) < 4.78 is 32.4. The predicted octanol–water partition coefficient (Wildman–Crippen LogP) is 1.62. The second-order valence-corrected chi connectivity index (χ2v) is 8.70. The maximum Gasteiger partial charge on any atom is 0.317 e. The fourth-order valence-corrected chi connectivity index (χ4v) is 4.71. The summed E-state index contributed by atoms with van der Waals surface area (Å²) in [6.07, 6.45) is 3.37. The fraction of sp³-hybridized carbons (Fsp3) is 0.611. The number of urea groups is 1. The summed E-state index contributed by atoms with van der Waals surface area (Å²) in [7, 11) is -2.08. The molecule has 26 heavy (non-hydrogen) atoms. The van der Waals surface area contributed by atoms with Crippen molar-refractivity contribution in [2.75, 3.05) is 20.2 Å². The number of nitrogens with zero attached hydrogens (tertiary/aromatic N) is 1. The third-order valence-corrected chi connectivity index (χ3v) is 6.72. The van der Waals surface area contributed by atoms with Crippen LogP contribution in [-0.4, -0.2) is 51.7 Å². The maximum atomic E-state index is 12.7. The zero-order valence-corrected chi connectivity index (χ0v) is 16.1. The van der Waals surface area contributed by atoms with Crippen LogP contribution in [0.4, 0.5) is 4.79 Å². The van der Waals surface area contributed by atoms with E-state index in [1.54, 1.807) is 17.0 Å². The van der Waals surface area contributed by atoms with Crippen LogP contribution in [0.3, 0.4) is 0 Å². The molecule has 1 aromatic carbocycles. The monoisotopic (exact) mass is 381 g/mol. The van der Waals surface area contributed by atoms with E-state index in [2.05, 4.69) is 17.0 Å². The number of carbonyl (C=O) groups is 1. The number of sulfonamides is 1. The third kappa shape index (κ3) is 4.02. The SMILES string of the molecule is CCC1CC(NC(=O)N2CCc3c(cccc3S(=O)(=O)NC)C2)CCO1. The Morgan fingerprint density at radius 2 is 2.19 bits per heavy atom. The topological polar surface area (TPSA) is 87.7 Å². The number of hydrogen-bond acceptors (Lipinski definition) is 4. The largest absolute Gasteiger partial charge is 0.378 e. The number of carbonyl (C=O) groups excluding carboxylic acids is 1. The highest BCUT2D eigenvalue weighted by Gasteiger charge is 2.28. The number of amides is 2. The van der Waals surface area contributed by atoms with Crippen molar-refractivity contribution in [3.05, 3.63) is 29.3 Å². The summed E-state index contributed by atoms with van der Waals surface area (Å²) in [5.41, 5.74) is 1.70. The fourth-order valence-electron chi connectivity index (χ4n) is 3.67. The maximum absolute atomic E-state index is 12.7. The van der Waals surface area contributed by atoms with E-state index in [4.69, 9.17) is 4.74 Å². The van der Waals surface area contributed by atoms with Gasteiger partial charge >= 0.3 is 6.03 Å². The zero-order valence-electron chi connectivity index (χ0n) is 15.3. The van der Waals surface area contributed by atoms with Crippen molar-refractivity contribution in [1.82, 2.24) is 14.9 Å². The lowest BCUT2D eigenvalue weighted by molar-refractivity contribution is 0.00108. The number of nitrogens with one attached hydrogen (secondary N) is 2. The normalized spacial score (nSPS) is 23.4. The van der Waals surface area contributed by atoms with Gasteiger partial charge < -0.3 is 15.0 Å². The Balaban J connectivity index is 1.69. The molecule has 2 heterocycles. The van der Waals surface area contributed by atoms with Crippen molar-refractivity contribution in [3.63, 3.8) is 0 Å². The van der Waals surface area contributed by atoms with Gasteiger partial charge in [-0.15, -0.1) is 0 Å². The number of fused-ring (bicyclic) bond motifs is 1. The molecule has 0 bridgehead atoms. The van der Waals surface area contributed by atoms with Crippen molar-refractivity contribution in [1.29, 1.82) is 0 Å². The highest BCUT2D eigenvalue weighted by atomic mass is 32.2. The Morgan fingerprint density at radius 3 is 2.92 bits per heavy atom. The summed E-state index contributed by atoms with van der Waals surface area (Å²) in [6.45, 7) is 3.70. The second-order valence-electron chi connectivity index (χ2n) is 6.84. The number of rotatable bonds is 4. The van der Waals surface area contributed by atoms with E-state index in [0.717, 1.165) is 30.4 Å². The van der Waals surface area contributed by atoms with E-state index in [1.165, 1.54) is 7.05 Å². The van der Waals surface area contributed by atoms with Gasteiger partial charge in [-0.2, -0.15) is 0 Å². The lowest BCUT2D eigenvalue weighted by Gasteiger charge is -2.34. The lowest BCUT2D eigenvalue weighted by Crippen LogP contribution is -2.49. The van der Waals surface area contributed by atoms with Crippen LogP contribution in [0.2, 0.25) is 0 Å². The Kier molecular flexibility index (Phi) is 5.84.